The van der Waals surface area contributed by atoms with E-state index in [0.717, 1.165) is 51.0 Å². The van der Waals surface area contributed by atoms with E-state index in [0.29, 0.717) is 5.56 Å². The number of carbonyl (C=O) groups is 1. The molecule has 0 saturated carbocycles. The summed E-state index contributed by atoms with van der Waals surface area (Å²) in [5, 5.41) is 3.36. The molecule has 1 aromatic carbocycles. The first-order valence-electron chi connectivity index (χ1n) is 7.49. The lowest BCUT2D eigenvalue weighted by atomic mass is 10.0. The van der Waals surface area contributed by atoms with Crippen LogP contribution in [0.4, 0.5) is 5.69 Å². The van der Waals surface area contributed by atoms with Crippen LogP contribution in [0.2, 0.25) is 0 Å². The Morgan fingerprint density at radius 1 is 1.35 bits per heavy atom. The van der Waals surface area contributed by atoms with Gasteiger partial charge in [0.15, 0.2) is 0 Å². The maximum absolute atomic E-state index is 12.2. The first-order chi connectivity index (χ1) is 9.72. The summed E-state index contributed by atoms with van der Waals surface area (Å²) in [6, 6.07) is 5.85. The molecule has 0 aliphatic carbocycles. The lowest BCUT2D eigenvalue weighted by molar-refractivity contribution is 0.0139. The minimum absolute atomic E-state index is 0.0767. The molecular formula is C16H22N2O2. The van der Waals surface area contributed by atoms with E-state index >= 15 is 0 Å². The van der Waals surface area contributed by atoms with Crippen molar-refractivity contribution in [3.05, 3.63) is 29.3 Å². The number of hydrogen-bond donors (Lipinski definition) is 1. The Bertz CT molecular complexity index is 493. The molecule has 0 bridgehead atoms. The van der Waals surface area contributed by atoms with Crippen molar-refractivity contribution >= 4 is 11.7 Å². The van der Waals surface area contributed by atoms with Crippen LogP contribution in [0, 0.1) is 0 Å². The molecule has 0 atom stereocenters. The van der Waals surface area contributed by atoms with Crippen LogP contribution in [0.3, 0.4) is 0 Å². The second kappa shape index (κ2) is 5.83. The van der Waals surface area contributed by atoms with Gasteiger partial charge in [0.25, 0.3) is 0 Å². The Balaban J connectivity index is 1.65. The fraction of sp³-hybridized carbons (Fsp3) is 0.562. The van der Waals surface area contributed by atoms with Gasteiger partial charge in [-0.05, 0) is 56.5 Å². The number of likely N-dealkylation sites (tertiary alicyclic amines) is 1. The average molecular weight is 274 g/mol. The van der Waals surface area contributed by atoms with Gasteiger partial charge >= 0.3 is 5.97 Å². The number of rotatable bonds is 2. The second-order valence-corrected chi connectivity index (χ2v) is 5.81. The molecule has 0 radical (unpaired) electrons. The maximum atomic E-state index is 12.2. The van der Waals surface area contributed by atoms with E-state index in [4.69, 9.17) is 4.74 Å². The Labute approximate surface area is 120 Å². The van der Waals surface area contributed by atoms with Gasteiger partial charge in [-0.25, -0.2) is 4.79 Å². The zero-order valence-corrected chi connectivity index (χ0v) is 12.0. The maximum Gasteiger partial charge on any atom is 0.338 e. The Kier molecular flexibility index (Phi) is 3.92. The van der Waals surface area contributed by atoms with E-state index in [2.05, 4.69) is 17.3 Å². The van der Waals surface area contributed by atoms with Crippen molar-refractivity contribution in [3.63, 3.8) is 0 Å². The lowest BCUT2D eigenvalue weighted by Gasteiger charge is -2.28. The number of esters is 1. The molecule has 3 rings (SSSR count). The summed E-state index contributed by atoms with van der Waals surface area (Å²) in [4.78, 5) is 14.5. The monoisotopic (exact) mass is 274 g/mol. The van der Waals surface area contributed by atoms with Crippen LogP contribution in [0.5, 0.6) is 0 Å². The van der Waals surface area contributed by atoms with Crippen LogP contribution in [-0.2, 0) is 11.2 Å². The van der Waals surface area contributed by atoms with Crippen LogP contribution in [0.15, 0.2) is 18.2 Å². The standard InChI is InChI=1S/C16H22N2O2/c1-18-9-6-14(7-10-18)20-16(19)13-4-5-15-12(11-13)3-2-8-17-15/h4-5,11,14,17H,2-3,6-10H2,1H3. The lowest BCUT2D eigenvalue weighted by Crippen LogP contribution is -2.35. The number of anilines is 1. The van der Waals surface area contributed by atoms with Crippen molar-refractivity contribution in [2.45, 2.75) is 31.8 Å². The number of hydrogen-bond acceptors (Lipinski definition) is 4. The number of nitrogens with zero attached hydrogens (tertiary/aromatic N) is 1. The number of aryl methyl sites for hydroxylation is 1. The van der Waals surface area contributed by atoms with E-state index < -0.39 is 0 Å². The summed E-state index contributed by atoms with van der Waals surface area (Å²) in [6.07, 6.45) is 4.12. The SMILES string of the molecule is CN1CCC(OC(=O)c2ccc3c(c2)CCCN3)CC1. The second-order valence-electron chi connectivity index (χ2n) is 5.81. The summed E-state index contributed by atoms with van der Waals surface area (Å²) >= 11 is 0. The zero-order valence-electron chi connectivity index (χ0n) is 12.0. The molecule has 4 nitrogen and oxygen atoms in total. The number of benzene rings is 1. The number of ether oxygens (including phenoxy) is 1. The highest BCUT2D eigenvalue weighted by molar-refractivity contribution is 5.90. The number of fused-ring (bicyclic) bond motifs is 1. The Morgan fingerprint density at radius 2 is 2.15 bits per heavy atom. The molecule has 1 aromatic rings. The third-order valence-electron chi connectivity index (χ3n) is 4.22. The summed E-state index contributed by atoms with van der Waals surface area (Å²) in [5.41, 5.74) is 3.08. The Hall–Kier alpha value is -1.55. The van der Waals surface area contributed by atoms with Gasteiger partial charge in [0.2, 0.25) is 0 Å². The van der Waals surface area contributed by atoms with Crippen LogP contribution in [-0.4, -0.2) is 43.7 Å². The predicted octanol–water partition coefficient (Wildman–Crippen LogP) is 2.30. The molecule has 1 fully saturated rings. The van der Waals surface area contributed by atoms with Crippen molar-refractivity contribution in [1.29, 1.82) is 0 Å². The number of piperidine rings is 1. The minimum Gasteiger partial charge on any atom is -0.459 e. The van der Waals surface area contributed by atoms with Gasteiger partial charge in [-0.1, -0.05) is 0 Å². The molecule has 4 heteroatoms. The Morgan fingerprint density at radius 3 is 2.95 bits per heavy atom. The molecule has 108 valence electrons. The summed E-state index contributed by atoms with van der Waals surface area (Å²) < 4.78 is 5.63. The molecule has 0 unspecified atom stereocenters. The van der Waals surface area contributed by atoms with Gasteiger partial charge < -0.3 is 15.0 Å². The molecule has 2 aliphatic rings. The highest BCUT2D eigenvalue weighted by atomic mass is 16.5. The van der Waals surface area contributed by atoms with E-state index in [1.165, 1.54) is 5.56 Å². The molecule has 0 amide bonds. The van der Waals surface area contributed by atoms with E-state index in [-0.39, 0.29) is 12.1 Å². The molecule has 20 heavy (non-hydrogen) atoms. The quantitative estimate of drug-likeness (QED) is 0.840. The van der Waals surface area contributed by atoms with Gasteiger partial charge in [-0.15, -0.1) is 0 Å². The fourth-order valence-electron chi connectivity index (χ4n) is 2.92. The van der Waals surface area contributed by atoms with Crippen molar-refractivity contribution in [2.75, 3.05) is 32.0 Å². The summed E-state index contributed by atoms with van der Waals surface area (Å²) in [5.74, 6) is -0.173. The minimum atomic E-state index is -0.173. The topological polar surface area (TPSA) is 41.6 Å². The molecule has 0 spiro atoms. The van der Waals surface area contributed by atoms with Crippen molar-refractivity contribution in [3.8, 4) is 0 Å². The van der Waals surface area contributed by atoms with Crippen LogP contribution >= 0.6 is 0 Å². The predicted molar refractivity (Wildman–Crippen MR) is 79.2 cm³/mol. The molecule has 2 heterocycles. The normalized spacial score (nSPS) is 20.1. The molecule has 1 saturated heterocycles. The highest BCUT2D eigenvalue weighted by Crippen LogP contribution is 2.24. The molecular weight excluding hydrogens is 252 g/mol. The van der Waals surface area contributed by atoms with Crippen LogP contribution in [0.25, 0.3) is 0 Å². The molecule has 2 aliphatic heterocycles. The van der Waals surface area contributed by atoms with Crippen molar-refractivity contribution < 1.29 is 9.53 Å². The molecule has 1 N–H and O–H groups in total. The highest BCUT2D eigenvalue weighted by Gasteiger charge is 2.21. The van der Waals surface area contributed by atoms with E-state index in [9.17, 15) is 4.79 Å². The van der Waals surface area contributed by atoms with Crippen molar-refractivity contribution in [1.82, 2.24) is 4.90 Å². The first kappa shape index (κ1) is 13.4. The van der Waals surface area contributed by atoms with Crippen LogP contribution < -0.4 is 5.32 Å². The third kappa shape index (κ3) is 2.96. The summed E-state index contributed by atoms with van der Waals surface area (Å²) in [7, 11) is 2.11. The molecule has 0 aromatic heterocycles. The van der Waals surface area contributed by atoms with Gasteiger partial charge in [0.05, 0.1) is 5.56 Å². The van der Waals surface area contributed by atoms with Gasteiger partial charge in [-0.3, -0.25) is 0 Å². The zero-order chi connectivity index (χ0) is 13.9. The number of carbonyl (C=O) groups excluding carboxylic acids is 1. The fourth-order valence-corrected chi connectivity index (χ4v) is 2.92. The van der Waals surface area contributed by atoms with E-state index in [1.807, 2.05) is 18.2 Å². The average Bonchev–Trinajstić information content (AvgIpc) is 2.49. The smallest absolute Gasteiger partial charge is 0.338 e. The van der Waals surface area contributed by atoms with E-state index in [1.54, 1.807) is 0 Å². The first-order valence-corrected chi connectivity index (χ1v) is 7.49. The number of nitrogens with one attached hydrogen (secondary N) is 1. The van der Waals surface area contributed by atoms with Crippen molar-refractivity contribution in [2.24, 2.45) is 0 Å². The van der Waals surface area contributed by atoms with Gasteiger partial charge in [0.1, 0.15) is 6.10 Å². The van der Waals surface area contributed by atoms with Crippen LogP contribution in [0.1, 0.15) is 35.2 Å². The summed E-state index contributed by atoms with van der Waals surface area (Å²) in [6.45, 7) is 3.03. The third-order valence-corrected chi connectivity index (χ3v) is 4.22. The largest absolute Gasteiger partial charge is 0.459 e. The van der Waals surface area contributed by atoms with Gasteiger partial charge in [-0.2, -0.15) is 0 Å². The van der Waals surface area contributed by atoms with Gasteiger partial charge in [0, 0.05) is 25.3 Å².